The van der Waals surface area contributed by atoms with Crippen LogP contribution >= 0.6 is 0 Å². The van der Waals surface area contributed by atoms with Gasteiger partial charge in [-0.1, -0.05) is 47.6 Å². The number of aromatic nitrogens is 6. The second-order valence-electron chi connectivity index (χ2n) is 6.80. The molecule has 1 amide bonds. The van der Waals surface area contributed by atoms with E-state index in [1.165, 1.54) is 17.0 Å². The highest BCUT2D eigenvalue weighted by Gasteiger charge is 2.20. The number of rotatable bonds is 6. The number of hydrogen-bond acceptors (Lipinski definition) is 8. The predicted molar refractivity (Wildman–Crippen MR) is 117 cm³/mol. The molecule has 11 heteroatoms. The normalized spacial score (nSPS) is 11.5. The SMILES string of the molecule is O=C(Nc1cccc(-c2noc(=O)[nH]2)c1)/C(=C\c1ccco1)n1nnnc1-c1ccccc1. The number of carbonyl (C=O) groups excluding carboxylic acids is 1. The van der Waals surface area contributed by atoms with E-state index in [4.69, 9.17) is 4.42 Å². The van der Waals surface area contributed by atoms with Crippen LogP contribution in [0.15, 0.2) is 86.7 Å². The molecule has 2 aromatic carbocycles. The molecule has 0 aliphatic rings. The average molecular weight is 441 g/mol. The summed E-state index contributed by atoms with van der Waals surface area (Å²) >= 11 is 0. The van der Waals surface area contributed by atoms with E-state index in [9.17, 15) is 9.59 Å². The van der Waals surface area contributed by atoms with Gasteiger partial charge in [-0.2, -0.15) is 4.68 Å². The monoisotopic (exact) mass is 441 g/mol. The highest BCUT2D eigenvalue weighted by Crippen LogP contribution is 2.23. The Morgan fingerprint density at radius 3 is 2.64 bits per heavy atom. The van der Waals surface area contributed by atoms with Gasteiger partial charge in [0.1, 0.15) is 11.5 Å². The number of H-pyrrole nitrogens is 1. The molecule has 5 rings (SSSR count). The molecule has 2 N–H and O–H groups in total. The first-order valence-electron chi connectivity index (χ1n) is 9.74. The molecule has 33 heavy (non-hydrogen) atoms. The number of furan rings is 1. The van der Waals surface area contributed by atoms with Crippen LogP contribution in [-0.2, 0) is 4.79 Å². The number of amides is 1. The minimum atomic E-state index is -0.671. The van der Waals surface area contributed by atoms with Crippen molar-refractivity contribution in [3.05, 3.63) is 89.3 Å². The van der Waals surface area contributed by atoms with E-state index in [0.717, 1.165) is 5.56 Å². The smallest absolute Gasteiger partial charge is 0.439 e. The van der Waals surface area contributed by atoms with Gasteiger partial charge in [0.2, 0.25) is 0 Å². The molecule has 0 atom stereocenters. The summed E-state index contributed by atoms with van der Waals surface area (Å²) in [4.78, 5) is 27.1. The molecule has 0 bridgehead atoms. The van der Waals surface area contributed by atoms with E-state index < -0.39 is 11.7 Å². The average Bonchev–Trinajstić information content (AvgIpc) is 3.60. The van der Waals surface area contributed by atoms with Gasteiger partial charge in [-0.15, -0.1) is 5.10 Å². The van der Waals surface area contributed by atoms with E-state index in [2.05, 4.69) is 35.5 Å². The number of aromatic amines is 1. The van der Waals surface area contributed by atoms with Gasteiger partial charge in [-0.25, -0.2) is 4.79 Å². The molecule has 3 aromatic heterocycles. The van der Waals surface area contributed by atoms with Gasteiger partial charge < -0.3 is 9.73 Å². The molecule has 0 saturated heterocycles. The van der Waals surface area contributed by atoms with Crippen LogP contribution in [0.25, 0.3) is 34.5 Å². The molecule has 3 heterocycles. The summed E-state index contributed by atoms with van der Waals surface area (Å²) in [6, 6.07) is 19.4. The summed E-state index contributed by atoms with van der Waals surface area (Å²) in [5, 5.41) is 18.3. The first-order chi connectivity index (χ1) is 16.2. The molecule has 0 radical (unpaired) electrons. The summed E-state index contributed by atoms with van der Waals surface area (Å²) < 4.78 is 11.3. The van der Waals surface area contributed by atoms with Crippen molar-refractivity contribution in [1.82, 2.24) is 30.3 Å². The molecule has 0 spiro atoms. The lowest BCUT2D eigenvalue weighted by atomic mass is 10.2. The number of benzene rings is 2. The van der Waals surface area contributed by atoms with Crippen molar-refractivity contribution in [2.24, 2.45) is 0 Å². The lowest BCUT2D eigenvalue weighted by Crippen LogP contribution is -2.19. The molecular weight excluding hydrogens is 426 g/mol. The van der Waals surface area contributed by atoms with Gasteiger partial charge in [0, 0.05) is 22.9 Å². The van der Waals surface area contributed by atoms with Crippen molar-refractivity contribution in [2.75, 3.05) is 5.32 Å². The Hall–Kier alpha value is -5.06. The second kappa shape index (κ2) is 8.59. The summed E-state index contributed by atoms with van der Waals surface area (Å²) in [7, 11) is 0. The Bertz CT molecular complexity index is 1480. The van der Waals surface area contributed by atoms with Gasteiger partial charge in [-0.05, 0) is 34.7 Å². The zero-order valence-corrected chi connectivity index (χ0v) is 16.9. The highest BCUT2D eigenvalue weighted by atomic mass is 16.5. The zero-order chi connectivity index (χ0) is 22.6. The van der Waals surface area contributed by atoms with Crippen LogP contribution in [0.4, 0.5) is 5.69 Å². The molecule has 5 aromatic rings. The van der Waals surface area contributed by atoms with Gasteiger partial charge >= 0.3 is 5.76 Å². The fourth-order valence-corrected chi connectivity index (χ4v) is 3.14. The fraction of sp³-hybridized carbons (Fsp3) is 0. The molecule has 0 unspecified atom stereocenters. The maximum atomic E-state index is 13.3. The predicted octanol–water partition coefficient (Wildman–Crippen LogP) is 2.91. The molecule has 0 aliphatic carbocycles. The molecule has 11 nitrogen and oxygen atoms in total. The highest BCUT2D eigenvalue weighted by molar-refractivity contribution is 6.24. The minimum Gasteiger partial charge on any atom is -0.465 e. The van der Waals surface area contributed by atoms with Crippen molar-refractivity contribution in [3.8, 4) is 22.8 Å². The number of tetrazole rings is 1. The molecule has 0 fully saturated rings. The summed E-state index contributed by atoms with van der Waals surface area (Å²) in [6.45, 7) is 0. The largest absolute Gasteiger partial charge is 0.465 e. The topological polar surface area (TPSA) is 145 Å². The van der Waals surface area contributed by atoms with Crippen LogP contribution in [0.1, 0.15) is 5.76 Å². The van der Waals surface area contributed by atoms with Gasteiger partial charge in [-0.3, -0.25) is 14.3 Å². The van der Waals surface area contributed by atoms with E-state index in [1.807, 2.05) is 30.3 Å². The second-order valence-corrected chi connectivity index (χ2v) is 6.80. The van der Waals surface area contributed by atoms with E-state index in [1.54, 1.807) is 36.4 Å². The molecule has 0 aliphatic heterocycles. The third kappa shape index (κ3) is 4.23. The van der Waals surface area contributed by atoms with E-state index in [-0.39, 0.29) is 11.5 Å². The van der Waals surface area contributed by atoms with E-state index in [0.29, 0.717) is 22.8 Å². The zero-order valence-electron chi connectivity index (χ0n) is 16.9. The van der Waals surface area contributed by atoms with Crippen LogP contribution < -0.4 is 11.1 Å². The standard InChI is InChI=1S/C22H15N7O4/c30-21(23-16-9-4-8-15(12-16)19-24-22(31)33-26-19)18(13-17-10-5-11-32-17)29-20(25-27-28-29)14-6-2-1-3-7-14/h1-13H,(H,23,30)(H,24,26,31)/b18-13+. The third-order valence-corrected chi connectivity index (χ3v) is 4.62. The first-order valence-corrected chi connectivity index (χ1v) is 9.74. The third-order valence-electron chi connectivity index (χ3n) is 4.62. The van der Waals surface area contributed by atoms with Crippen LogP contribution in [0.5, 0.6) is 0 Å². The Labute approximate surface area is 185 Å². The maximum Gasteiger partial charge on any atom is 0.439 e. The summed E-state index contributed by atoms with van der Waals surface area (Å²) in [6.07, 6.45) is 3.04. The summed E-state index contributed by atoms with van der Waals surface area (Å²) in [5.41, 5.74) is 1.88. The lowest BCUT2D eigenvalue weighted by Gasteiger charge is -2.11. The van der Waals surface area contributed by atoms with Gasteiger partial charge in [0.05, 0.1) is 6.26 Å². The lowest BCUT2D eigenvalue weighted by molar-refractivity contribution is -0.111. The Morgan fingerprint density at radius 1 is 1.03 bits per heavy atom. The van der Waals surface area contributed by atoms with Crippen LogP contribution in [0.2, 0.25) is 0 Å². The van der Waals surface area contributed by atoms with Crippen molar-refractivity contribution >= 4 is 23.4 Å². The van der Waals surface area contributed by atoms with Crippen molar-refractivity contribution in [3.63, 3.8) is 0 Å². The number of nitrogens with one attached hydrogen (secondary N) is 2. The molecule has 162 valence electrons. The minimum absolute atomic E-state index is 0.133. The van der Waals surface area contributed by atoms with Crippen LogP contribution in [-0.4, -0.2) is 36.3 Å². The molecular formula is C22H15N7O4. The van der Waals surface area contributed by atoms with Crippen molar-refractivity contribution < 1.29 is 13.7 Å². The maximum absolute atomic E-state index is 13.3. The number of hydrogen-bond donors (Lipinski definition) is 2. The first kappa shape index (κ1) is 19.9. The number of anilines is 1. The Balaban J connectivity index is 1.51. The molecule has 0 saturated carbocycles. The van der Waals surface area contributed by atoms with Crippen molar-refractivity contribution in [1.29, 1.82) is 0 Å². The number of nitrogens with zero attached hydrogens (tertiary/aromatic N) is 5. The van der Waals surface area contributed by atoms with Gasteiger partial charge in [0.15, 0.2) is 11.6 Å². The quantitative estimate of drug-likeness (QED) is 0.383. The van der Waals surface area contributed by atoms with Crippen LogP contribution in [0, 0.1) is 0 Å². The number of carbonyl (C=O) groups is 1. The van der Waals surface area contributed by atoms with Gasteiger partial charge in [0.25, 0.3) is 5.91 Å². The fourth-order valence-electron chi connectivity index (χ4n) is 3.14. The van der Waals surface area contributed by atoms with E-state index >= 15 is 0 Å². The van der Waals surface area contributed by atoms with Crippen LogP contribution in [0.3, 0.4) is 0 Å². The summed E-state index contributed by atoms with van der Waals surface area (Å²) in [5.74, 6) is -0.0766. The van der Waals surface area contributed by atoms with Crippen molar-refractivity contribution in [2.45, 2.75) is 0 Å². The Morgan fingerprint density at radius 2 is 1.88 bits per heavy atom. The Kier molecular flexibility index (Phi) is 5.17.